The second kappa shape index (κ2) is 6.39. The van der Waals surface area contributed by atoms with Crippen LogP contribution in [0.1, 0.15) is 28.4 Å². The third-order valence-corrected chi connectivity index (χ3v) is 5.22. The number of hydrogen-bond acceptors (Lipinski definition) is 4. The molecule has 3 heterocycles. The second-order valence-corrected chi connectivity index (χ2v) is 6.78. The van der Waals surface area contributed by atoms with E-state index < -0.39 is 0 Å². The number of fused-ring (bicyclic) bond motifs is 2. The van der Waals surface area contributed by atoms with Crippen LogP contribution >= 0.6 is 0 Å². The predicted octanol–water partition coefficient (Wildman–Crippen LogP) is 4.15. The van der Waals surface area contributed by atoms with Crippen molar-refractivity contribution in [2.24, 2.45) is 4.99 Å². The lowest BCUT2D eigenvalue weighted by atomic mass is 9.98. The van der Waals surface area contributed by atoms with Gasteiger partial charge in [-0.3, -0.25) is 9.98 Å². The van der Waals surface area contributed by atoms with Crippen LogP contribution in [0.2, 0.25) is 0 Å². The lowest BCUT2D eigenvalue weighted by Crippen LogP contribution is -2.32. The molecular formula is C22H20N4+. The molecule has 1 aromatic heterocycles. The monoisotopic (exact) mass is 340 g/mol. The normalized spacial score (nSPS) is 18.4. The molecule has 26 heavy (non-hydrogen) atoms. The van der Waals surface area contributed by atoms with Gasteiger partial charge >= 0.3 is 0 Å². The molecule has 5 rings (SSSR count). The fourth-order valence-electron chi connectivity index (χ4n) is 3.88. The Bertz CT molecular complexity index is 965. The van der Waals surface area contributed by atoms with Gasteiger partial charge in [-0.15, -0.1) is 4.90 Å². The highest BCUT2D eigenvalue weighted by molar-refractivity contribution is 5.92. The third kappa shape index (κ3) is 2.68. The molecule has 2 aliphatic rings. The molecule has 3 aromatic rings. The molecule has 127 valence electrons. The first kappa shape index (κ1) is 15.3. The third-order valence-electron chi connectivity index (χ3n) is 5.22. The number of nitrogens with one attached hydrogen (secondary N) is 1. The van der Waals surface area contributed by atoms with Crippen molar-refractivity contribution >= 4 is 17.6 Å². The molecule has 0 aliphatic carbocycles. The van der Waals surface area contributed by atoms with Crippen molar-refractivity contribution < 1.29 is 0 Å². The number of aliphatic imine (C=N–C) groups is 1. The molecular weight excluding hydrogens is 320 g/mol. The van der Waals surface area contributed by atoms with Crippen molar-refractivity contribution in [2.75, 3.05) is 11.9 Å². The Morgan fingerprint density at radius 3 is 2.65 bits per heavy atom. The van der Waals surface area contributed by atoms with Crippen LogP contribution in [0.3, 0.4) is 0 Å². The Kier molecular flexibility index (Phi) is 3.76. The summed E-state index contributed by atoms with van der Waals surface area (Å²) in [5.41, 5.74) is 7.68. The summed E-state index contributed by atoms with van der Waals surface area (Å²) >= 11 is 0. The lowest BCUT2D eigenvalue weighted by molar-refractivity contribution is 0.499. The van der Waals surface area contributed by atoms with Crippen molar-refractivity contribution in [1.29, 1.82) is 0 Å². The van der Waals surface area contributed by atoms with Crippen molar-refractivity contribution in [3.05, 3.63) is 89.2 Å². The molecule has 1 unspecified atom stereocenters. The van der Waals surface area contributed by atoms with E-state index in [2.05, 4.69) is 57.7 Å². The van der Waals surface area contributed by atoms with E-state index in [4.69, 9.17) is 4.99 Å². The van der Waals surface area contributed by atoms with Crippen LogP contribution in [0, 0.1) is 0 Å². The summed E-state index contributed by atoms with van der Waals surface area (Å²) in [4.78, 5) is 11.3. The molecule has 0 saturated heterocycles. The van der Waals surface area contributed by atoms with Crippen LogP contribution in [-0.2, 0) is 13.0 Å². The maximum absolute atomic E-state index is 4.72. The number of anilines is 2. The summed E-state index contributed by atoms with van der Waals surface area (Å²) in [5.74, 6) is 0. The number of benzene rings is 2. The summed E-state index contributed by atoms with van der Waals surface area (Å²) < 4.78 is 0. The van der Waals surface area contributed by atoms with Crippen molar-refractivity contribution in [1.82, 2.24) is 9.88 Å². The minimum absolute atomic E-state index is 0.0376. The minimum Gasteiger partial charge on any atom is -0.360 e. The Morgan fingerprint density at radius 2 is 1.77 bits per heavy atom. The van der Waals surface area contributed by atoms with Crippen LogP contribution in [0.4, 0.5) is 11.4 Å². The fraction of sp³-hybridized carbons (Fsp3) is 0.182. The standard InChI is InChI=1S/C22H20N4/c1-2-5-17-15-26(13-10-16(17)4-1)21-7-3-6-19-20(21)14-24-22(19)25-18-8-11-23-12-9-18/h1-9,11-12,14,22H,10,13,15H2,(H,23,25)/q+1. The maximum Gasteiger partial charge on any atom is 0.190 e. The van der Waals surface area contributed by atoms with Gasteiger partial charge in [-0.25, -0.2) is 0 Å². The van der Waals surface area contributed by atoms with E-state index in [9.17, 15) is 0 Å². The van der Waals surface area contributed by atoms with Gasteiger partial charge in [-0.05, 0) is 17.7 Å². The highest BCUT2D eigenvalue weighted by Gasteiger charge is 2.31. The van der Waals surface area contributed by atoms with Gasteiger partial charge in [0, 0.05) is 47.9 Å². The van der Waals surface area contributed by atoms with Gasteiger partial charge in [-0.2, -0.15) is 0 Å². The Morgan fingerprint density at radius 1 is 0.923 bits per heavy atom. The first-order valence-corrected chi connectivity index (χ1v) is 9.03. The van der Waals surface area contributed by atoms with E-state index >= 15 is 0 Å². The highest BCUT2D eigenvalue weighted by atomic mass is 15.1. The highest BCUT2D eigenvalue weighted by Crippen LogP contribution is 2.35. The van der Waals surface area contributed by atoms with Crippen LogP contribution in [0.25, 0.3) is 0 Å². The van der Waals surface area contributed by atoms with Gasteiger partial charge in [0.25, 0.3) is 0 Å². The summed E-state index contributed by atoms with van der Waals surface area (Å²) in [7, 11) is 0. The summed E-state index contributed by atoms with van der Waals surface area (Å²) in [6.07, 6.45) is 6.66. The van der Waals surface area contributed by atoms with Gasteiger partial charge in [0.15, 0.2) is 12.2 Å². The topological polar surface area (TPSA) is 43.2 Å². The molecule has 0 bridgehead atoms. The van der Waals surface area contributed by atoms with E-state index in [1.54, 1.807) is 12.4 Å². The molecule has 2 aromatic carbocycles. The Balaban J connectivity index is 1.44. The zero-order chi connectivity index (χ0) is 17.3. The van der Waals surface area contributed by atoms with E-state index in [0.717, 1.165) is 25.2 Å². The van der Waals surface area contributed by atoms with Crippen molar-refractivity contribution in [3.63, 3.8) is 0 Å². The smallest absolute Gasteiger partial charge is 0.190 e. The molecule has 0 spiro atoms. The fourth-order valence-corrected chi connectivity index (χ4v) is 3.88. The van der Waals surface area contributed by atoms with Gasteiger partial charge in [0.05, 0.1) is 5.56 Å². The van der Waals surface area contributed by atoms with Gasteiger partial charge in [-0.1, -0.05) is 36.4 Å². The average Bonchev–Trinajstić information content (AvgIpc) is 3.11. The first-order valence-electron chi connectivity index (χ1n) is 9.03. The quantitative estimate of drug-likeness (QED) is 0.728. The summed E-state index contributed by atoms with van der Waals surface area (Å²) in [6, 6.07) is 19.2. The number of hydrogen-bond donors (Lipinski definition) is 1. The number of aromatic nitrogens is 1. The second-order valence-electron chi connectivity index (χ2n) is 6.78. The molecule has 1 atom stereocenters. The molecule has 1 N–H and O–H groups in total. The SMILES string of the molecule is C1=NC(Nc2ccncc2)c2cccc([N+]3CCc4ccccc4C3)c21. The van der Waals surface area contributed by atoms with E-state index in [-0.39, 0.29) is 6.17 Å². The molecule has 4 heteroatoms. The zero-order valence-electron chi connectivity index (χ0n) is 14.5. The van der Waals surface area contributed by atoms with E-state index in [0.29, 0.717) is 0 Å². The minimum atomic E-state index is -0.0376. The number of nitrogens with zero attached hydrogens (tertiary/aromatic N) is 3. The van der Waals surface area contributed by atoms with Gasteiger partial charge < -0.3 is 5.32 Å². The van der Waals surface area contributed by atoms with Crippen LogP contribution < -0.4 is 10.2 Å². The number of pyridine rings is 1. The molecule has 1 radical (unpaired) electrons. The molecule has 4 nitrogen and oxygen atoms in total. The maximum atomic E-state index is 4.72. The summed E-state index contributed by atoms with van der Waals surface area (Å²) in [5, 5.41) is 3.49. The Labute approximate surface area is 153 Å². The van der Waals surface area contributed by atoms with Crippen LogP contribution in [0.15, 0.2) is 72.0 Å². The molecule has 0 amide bonds. The summed E-state index contributed by atoms with van der Waals surface area (Å²) in [6.45, 7) is 2.01. The largest absolute Gasteiger partial charge is 0.360 e. The van der Waals surface area contributed by atoms with Gasteiger partial charge in [0.1, 0.15) is 12.7 Å². The molecule has 2 aliphatic heterocycles. The molecule has 0 saturated carbocycles. The predicted molar refractivity (Wildman–Crippen MR) is 105 cm³/mol. The van der Waals surface area contributed by atoms with Crippen LogP contribution in [-0.4, -0.2) is 17.7 Å². The number of rotatable bonds is 3. The van der Waals surface area contributed by atoms with E-state index in [1.807, 2.05) is 18.3 Å². The zero-order valence-corrected chi connectivity index (χ0v) is 14.5. The lowest BCUT2D eigenvalue weighted by Gasteiger charge is -2.21. The van der Waals surface area contributed by atoms with Crippen LogP contribution in [0.5, 0.6) is 0 Å². The van der Waals surface area contributed by atoms with Crippen molar-refractivity contribution in [3.8, 4) is 0 Å². The van der Waals surface area contributed by atoms with Gasteiger partial charge in [0.2, 0.25) is 0 Å². The van der Waals surface area contributed by atoms with Crippen molar-refractivity contribution in [2.45, 2.75) is 19.1 Å². The first-order chi connectivity index (χ1) is 12.9. The molecule has 0 fully saturated rings. The average molecular weight is 340 g/mol. The van der Waals surface area contributed by atoms with E-state index in [1.165, 1.54) is 27.9 Å². The Hall–Kier alpha value is -2.98.